The molecule has 0 spiro atoms. The number of thioether (sulfide) groups is 1. The van der Waals surface area contributed by atoms with Crippen LogP contribution < -0.4 is 5.32 Å². The van der Waals surface area contributed by atoms with Crippen LogP contribution in [0.5, 0.6) is 0 Å². The van der Waals surface area contributed by atoms with E-state index in [2.05, 4.69) is 10.1 Å². The maximum Gasteiger partial charge on any atom is 0.334 e. The lowest BCUT2D eigenvalue weighted by molar-refractivity contribution is -0.148. The van der Waals surface area contributed by atoms with Gasteiger partial charge in [-0.15, -0.1) is 11.8 Å². The zero-order chi connectivity index (χ0) is 15.1. The third-order valence-corrected chi connectivity index (χ3v) is 3.35. The second-order valence-electron chi connectivity index (χ2n) is 3.73. The van der Waals surface area contributed by atoms with E-state index in [9.17, 15) is 18.4 Å². The van der Waals surface area contributed by atoms with Crippen molar-refractivity contribution in [3.8, 4) is 0 Å². The van der Waals surface area contributed by atoms with Gasteiger partial charge in [-0.25, -0.2) is 13.6 Å². The van der Waals surface area contributed by atoms with Crippen molar-refractivity contribution >= 4 is 23.6 Å². The molecule has 1 aromatic carbocycles. The van der Waals surface area contributed by atoms with E-state index in [0.717, 1.165) is 23.9 Å². The molecule has 0 aliphatic heterocycles. The topological polar surface area (TPSA) is 75.6 Å². The molecule has 8 heteroatoms. The average Bonchev–Trinajstić information content (AvgIpc) is 2.38. The number of hydrogen-bond donors (Lipinski definition) is 2. The van der Waals surface area contributed by atoms with Crippen molar-refractivity contribution in [2.45, 2.75) is 11.0 Å². The second-order valence-corrected chi connectivity index (χ2v) is 4.75. The lowest BCUT2D eigenvalue weighted by Gasteiger charge is -2.11. The third-order valence-electron chi connectivity index (χ3n) is 2.30. The number of carboxylic acid groups (broad SMARTS) is 1. The summed E-state index contributed by atoms with van der Waals surface area (Å²) >= 11 is 0.890. The number of ether oxygens (including phenoxy) is 1. The molecular formula is C12H13F2NO4S. The zero-order valence-electron chi connectivity index (χ0n) is 10.6. The van der Waals surface area contributed by atoms with Crippen LogP contribution >= 0.6 is 11.8 Å². The summed E-state index contributed by atoms with van der Waals surface area (Å²) in [5.41, 5.74) is 0. The van der Waals surface area contributed by atoms with Gasteiger partial charge in [-0.05, 0) is 12.1 Å². The van der Waals surface area contributed by atoms with Gasteiger partial charge in [0, 0.05) is 18.1 Å². The Morgan fingerprint density at radius 2 is 2.15 bits per heavy atom. The summed E-state index contributed by atoms with van der Waals surface area (Å²) in [6, 6.07) is 3.05. The summed E-state index contributed by atoms with van der Waals surface area (Å²) < 4.78 is 30.6. The van der Waals surface area contributed by atoms with Crippen LogP contribution in [-0.2, 0) is 14.3 Å². The average molecular weight is 305 g/mol. The van der Waals surface area contributed by atoms with Crippen LogP contribution in [0.3, 0.4) is 0 Å². The Labute approximate surface area is 118 Å². The molecule has 2 N–H and O–H groups in total. The molecule has 1 atom stereocenters. The Morgan fingerprint density at radius 1 is 1.45 bits per heavy atom. The Bertz CT molecular complexity index is 498. The highest BCUT2D eigenvalue weighted by Crippen LogP contribution is 2.21. The number of nitrogens with one attached hydrogen (secondary N) is 1. The second kappa shape index (κ2) is 7.81. The molecule has 0 saturated heterocycles. The molecule has 0 aliphatic carbocycles. The number of amides is 1. The number of carboxylic acids is 1. The number of rotatable bonds is 7. The van der Waals surface area contributed by atoms with Crippen LogP contribution in [0.2, 0.25) is 0 Å². The first-order valence-electron chi connectivity index (χ1n) is 5.54. The number of hydrogen-bond acceptors (Lipinski definition) is 4. The van der Waals surface area contributed by atoms with Crippen molar-refractivity contribution in [2.75, 3.05) is 19.4 Å². The summed E-state index contributed by atoms with van der Waals surface area (Å²) in [5, 5.41) is 11.0. The zero-order valence-corrected chi connectivity index (χ0v) is 11.4. The minimum atomic E-state index is -1.19. The number of carbonyl (C=O) groups is 2. The lowest BCUT2D eigenvalue weighted by atomic mass is 10.3. The molecule has 0 aromatic heterocycles. The fraction of sp³-hybridized carbons (Fsp3) is 0.333. The summed E-state index contributed by atoms with van der Waals surface area (Å²) in [6.45, 7) is -0.183. The fourth-order valence-corrected chi connectivity index (χ4v) is 2.01. The van der Waals surface area contributed by atoms with E-state index in [1.165, 1.54) is 13.2 Å². The monoisotopic (exact) mass is 305 g/mol. The van der Waals surface area contributed by atoms with E-state index in [1.807, 2.05) is 0 Å². The van der Waals surface area contributed by atoms with Crippen LogP contribution in [-0.4, -0.2) is 42.5 Å². The van der Waals surface area contributed by atoms with Crippen molar-refractivity contribution < 1.29 is 28.2 Å². The van der Waals surface area contributed by atoms with Crippen LogP contribution in [0, 0.1) is 11.6 Å². The molecular weight excluding hydrogens is 292 g/mol. The van der Waals surface area contributed by atoms with Crippen molar-refractivity contribution in [2.24, 2.45) is 0 Å². The SMILES string of the molecule is COC(CNC(=O)CSc1ccc(F)cc1F)C(=O)O. The largest absolute Gasteiger partial charge is 0.479 e. The van der Waals surface area contributed by atoms with Crippen molar-refractivity contribution in [3.63, 3.8) is 0 Å². The van der Waals surface area contributed by atoms with E-state index in [4.69, 9.17) is 5.11 Å². The predicted molar refractivity (Wildman–Crippen MR) is 68.5 cm³/mol. The molecule has 0 saturated carbocycles. The Balaban J connectivity index is 2.41. The maximum atomic E-state index is 13.3. The van der Waals surface area contributed by atoms with Crippen LogP contribution in [0.4, 0.5) is 8.78 Å². The maximum absolute atomic E-state index is 13.3. The van der Waals surface area contributed by atoms with Gasteiger partial charge in [0.15, 0.2) is 6.10 Å². The van der Waals surface area contributed by atoms with Crippen molar-refractivity contribution in [1.29, 1.82) is 0 Å². The molecule has 20 heavy (non-hydrogen) atoms. The number of methoxy groups -OCH3 is 1. The normalized spacial score (nSPS) is 11.9. The number of aliphatic carboxylic acids is 1. The summed E-state index contributed by atoms with van der Waals surface area (Å²) in [7, 11) is 1.22. The van der Waals surface area contributed by atoms with E-state index in [-0.39, 0.29) is 17.2 Å². The van der Waals surface area contributed by atoms with E-state index >= 15 is 0 Å². The molecule has 0 aliphatic rings. The highest BCUT2D eigenvalue weighted by Gasteiger charge is 2.17. The first-order chi connectivity index (χ1) is 9.43. The van der Waals surface area contributed by atoms with Gasteiger partial charge in [-0.1, -0.05) is 0 Å². The summed E-state index contributed by atoms with van der Waals surface area (Å²) in [5.74, 6) is -3.21. The van der Waals surface area contributed by atoms with E-state index < -0.39 is 29.6 Å². The smallest absolute Gasteiger partial charge is 0.334 e. The molecule has 1 unspecified atom stereocenters. The van der Waals surface area contributed by atoms with Crippen molar-refractivity contribution in [1.82, 2.24) is 5.32 Å². The van der Waals surface area contributed by atoms with Gasteiger partial charge in [0.05, 0.1) is 12.3 Å². The van der Waals surface area contributed by atoms with Gasteiger partial charge in [0.25, 0.3) is 0 Å². The summed E-state index contributed by atoms with van der Waals surface area (Å²) in [4.78, 5) is 22.2. The number of carbonyl (C=O) groups excluding carboxylic acids is 1. The van der Waals surface area contributed by atoms with Crippen LogP contribution in [0.15, 0.2) is 23.1 Å². The number of halogens is 2. The molecule has 0 bridgehead atoms. The molecule has 1 amide bonds. The molecule has 1 aromatic rings. The number of benzene rings is 1. The van der Waals surface area contributed by atoms with E-state index in [1.54, 1.807) is 0 Å². The Morgan fingerprint density at radius 3 is 2.70 bits per heavy atom. The fourth-order valence-electron chi connectivity index (χ4n) is 1.26. The Hall–Kier alpha value is -1.67. The third kappa shape index (κ3) is 5.14. The molecule has 0 radical (unpaired) electrons. The minimum absolute atomic E-state index is 0.112. The summed E-state index contributed by atoms with van der Waals surface area (Å²) in [6.07, 6.45) is -1.13. The highest BCUT2D eigenvalue weighted by atomic mass is 32.2. The van der Waals surface area contributed by atoms with Crippen LogP contribution in [0.25, 0.3) is 0 Å². The molecule has 5 nitrogen and oxygen atoms in total. The first-order valence-corrected chi connectivity index (χ1v) is 6.52. The van der Waals surface area contributed by atoms with Gasteiger partial charge in [-0.2, -0.15) is 0 Å². The molecule has 110 valence electrons. The van der Waals surface area contributed by atoms with Crippen LogP contribution in [0.1, 0.15) is 0 Å². The molecule has 1 rings (SSSR count). The molecule has 0 fully saturated rings. The van der Waals surface area contributed by atoms with E-state index in [0.29, 0.717) is 0 Å². The van der Waals surface area contributed by atoms with Gasteiger partial charge in [-0.3, -0.25) is 4.79 Å². The van der Waals surface area contributed by atoms with Crippen molar-refractivity contribution in [3.05, 3.63) is 29.8 Å². The molecule has 0 heterocycles. The standard InChI is InChI=1S/C12H13F2NO4S/c1-19-9(12(17)18)5-15-11(16)6-20-10-3-2-7(13)4-8(10)14/h2-4,9H,5-6H2,1H3,(H,15,16)(H,17,18). The highest BCUT2D eigenvalue weighted by molar-refractivity contribution is 8.00. The Kier molecular flexibility index (Phi) is 6.40. The van der Waals surface area contributed by atoms with Gasteiger partial charge < -0.3 is 15.2 Å². The minimum Gasteiger partial charge on any atom is -0.479 e. The first kappa shape index (κ1) is 16.4. The van der Waals surface area contributed by atoms with Gasteiger partial charge in [0.2, 0.25) is 5.91 Å². The van der Waals surface area contributed by atoms with Gasteiger partial charge >= 0.3 is 5.97 Å². The van der Waals surface area contributed by atoms with Gasteiger partial charge in [0.1, 0.15) is 11.6 Å². The quantitative estimate of drug-likeness (QED) is 0.742. The lowest BCUT2D eigenvalue weighted by Crippen LogP contribution is -2.38. The predicted octanol–water partition coefficient (Wildman–Crippen LogP) is 1.27.